The van der Waals surface area contributed by atoms with Gasteiger partial charge in [0.05, 0.1) is 0 Å². The molecule has 1 heterocycles. The predicted molar refractivity (Wildman–Crippen MR) is 107 cm³/mol. The van der Waals surface area contributed by atoms with Crippen molar-refractivity contribution in [2.75, 3.05) is 0 Å². The number of hydrogen-bond donors (Lipinski definition) is 2. The molecule has 7 atom stereocenters. The first-order chi connectivity index (χ1) is 12.8. The van der Waals surface area contributed by atoms with Crippen molar-refractivity contribution in [3.05, 3.63) is 0 Å². The summed E-state index contributed by atoms with van der Waals surface area (Å²) in [6.07, 6.45) is 10.3. The smallest absolute Gasteiger partial charge is 0.303 e. The van der Waals surface area contributed by atoms with E-state index in [0.717, 1.165) is 37.0 Å². The molecule has 0 aromatic heterocycles. The standard InChI is InChI=1S/C21H33NO3.C2H6/c1-20-11-9-16-14(15(20)6-3-13(20)4-8-19(24)25)5-7-17-21(16,2)12-10-18(23)22-17;1-2/h13-17H,3-12H2,1-2H3,(H,22,23)(H,24,25);1-2H3. The van der Waals surface area contributed by atoms with Gasteiger partial charge in [-0.3, -0.25) is 9.59 Å². The summed E-state index contributed by atoms with van der Waals surface area (Å²) in [7, 11) is 0. The third-order valence-electron chi connectivity index (χ3n) is 9.00. The maximum atomic E-state index is 11.9. The molecule has 0 aromatic rings. The molecule has 3 saturated carbocycles. The third kappa shape index (κ3) is 3.42. The molecule has 154 valence electrons. The van der Waals surface area contributed by atoms with Gasteiger partial charge in [0, 0.05) is 18.9 Å². The number of carbonyl (C=O) groups excluding carboxylic acids is 1. The molecule has 4 fully saturated rings. The summed E-state index contributed by atoms with van der Waals surface area (Å²) < 4.78 is 0. The summed E-state index contributed by atoms with van der Waals surface area (Å²) in [4.78, 5) is 22.9. The number of carboxylic acids is 1. The number of hydrogen-bond acceptors (Lipinski definition) is 2. The van der Waals surface area contributed by atoms with Crippen LogP contribution in [0.2, 0.25) is 0 Å². The lowest BCUT2D eigenvalue weighted by Crippen LogP contribution is -2.61. The predicted octanol–water partition coefficient (Wildman–Crippen LogP) is 5.01. The van der Waals surface area contributed by atoms with Crippen LogP contribution in [0.25, 0.3) is 0 Å². The van der Waals surface area contributed by atoms with Crippen LogP contribution in [0.4, 0.5) is 0 Å². The van der Waals surface area contributed by atoms with Crippen molar-refractivity contribution >= 4 is 11.9 Å². The Morgan fingerprint density at radius 1 is 1.04 bits per heavy atom. The number of carboxylic acid groups (broad SMARTS) is 1. The molecule has 3 aliphatic carbocycles. The highest BCUT2D eigenvalue weighted by molar-refractivity contribution is 5.77. The number of nitrogens with one attached hydrogen (secondary N) is 1. The molecule has 1 amide bonds. The monoisotopic (exact) mass is 377 g/mol. The second-order valence-corrected chi connectivity index (χ2v) is 9.83. The van der Waals surface area contributed by atoms with Gasteiger partial charge in [0.2, 0.25) is 5.91 Å². The van der Waals surface area contributed by atoms with Gasteiger partial charge in [-0.25, -0.2) is 0 Å². The van der Waals surface area contributed by atoms with Gasteiger partial charge in [-0.2, -0.15) is 0 Å². The molecule has 2 N–H and O–H groups in total. The molecule has 0 bridgehead atoms. The number of amides is 1. The molecule has 7 unspecified atom stereocenters. The Labute approximate surface area is 164 Å². The summed E-state index contributed by atoms with van der Waals surface area (Å²) in [6.45, 7) is 8.90. The molecule has 0 radical (unpaired) electrons. The maximum Gasteiger partial charge on any atom is 0.303 e. The largest absolute Gasteiger partial charge is 0.481 e. The zero-order valence-electron chi connectivity index (χ0n) is 17.7. The number of piperidine rings is 1. The summed E-state index contributed by atoms with van der Waals surface area (Å²) in [5.74, 6) is 2.47. The van der Waals surface area contributed by atoms with Gasteiger partial charge in [-0.05, 0) is 85.9 Å². The minimum Gasteiger partial charge on any atom is -0.481 e. The van der Waals surface area contributed by atoms with Crippen LogP contribution in [-0.4, -0.2) is 23.0 Å². The van der Waals surface area contributed by atoms with Gasteiger partial charge in [-0.15, -0.1) is 0 Å². The van der Waals surface area contributed by atoms with Crippen molar-refractivity contribution in [1.29, 1.82) is 0 Å². The van der Waals surface area contributed by atoms with Crippen LogP contribution in [0.3, 0.4) is 0 Å². The van der Waals surface area contributed by atoms with Gasteiger partial charge >= 0.3 is 5.97 Å². The zero-order chi connectivity index (χ0) is 19.8. The highest BCUT2D eigenvalue weighted by Gasteiger charge is 2.60. The van der Waals surface area contributed by atoms with Crippen LogP contribution in [0, 0.1) is 34.5 Å². The summed E-state index contributed by atoms with van der Waals surface area (Å²) in [5.41, 5.74) is 0.620. The lowest BCUT2D eigenvalue weighted by molar-refractivity contribution is -0.139. The van der Waals surface area contributed by atoms with E-state index in [2.05, 4.69) is 19.2 Å². The van der Waals surface area contributed by atoms with Crippen molar-refractivity contribution in [2.45, 2.75) is 97.9 Å². The molecule has 4 nitrogen and oxygen atoms in total. The van der Waals surface area contributed by atoms with E-state index in [1.807, 2.05) is 13.8 Å². The van der Waals surface area contributed by atoms with Crippen LogP contribution in [0.1, 0.15) is 91.9 Å². The normalized spacial score (nSPS) is 45.5. The first kappa shape index (κ1) is 20.7. The third-order valence-corrected chi connectivity index (χ3v) is 9.00. The van der Waals surface area contributed by atoms with E-state index >= 15 is 0 Å². The van der Waals surface area contributed by atoms with Gasteiger partial charge in [0.25, 0.3) is 0 Å². The number of aliphatic carboxylic acids is 1. The second kappa shape index (κ2) is 7.75. The molecule has 4 aliphatic rings. The molecular formula is C23H39NO3. The fourth-order valence-corrected chi connectivity index (χ4v) is 7.58. The van der Waals surface area contributed by atoms with Gasteiger partial charge in [-0.1, -0.05) is 27.7 Å². The molecule has 0 spiro atoms. The molecular weight excluding hydrogens is 338 g/mol. The average molecular weight is 378 g/mol. The van der Waals surface area contributed by atoms with Crippen LogP contribution in [0.15, 0.2) is 0 Å². The van der Waals surface area contributed by atoms with Crippen molar-refractivity contribution in [3.8, 4) is 0 Å². The van der Waals surface area contributed by atoms with Gasteiger partial charge in [0.1, 0.15) is 0 Å². The topological polar surface area (TPSA) is 66.4 Å². The molecule has 27 heavy (non-hydrogen) atoms. The Balaban J connectivity index is 0.00000102. The summed E-state index contributed by atoms with van der Waals surface area (Å²) >= 11 is 0. The lowest BCUT2D eigenvalue weighted by atomic mass is 9.47. The van der Waals surface area contributed by atoms with Crippen molar-refractivity contribution in [3.63, 3.8) is 0 Å². The molecule has 1 saturated heterocycles. The number of fused-ring (bicyclic) bond motifs is 5. The SMILES string of the molecule is CC.CC12CCC3C(CCC4NC(=O)CCC43C)C1CCC2CCC(=O)O. The van der Waals surface area contributed by atoms with Crippen molar-refractivity contribution in [2.24, 2.45) is 34.5 Å². The van der Waals surface area contributed by atoms with E-state index in [-0.39, 0.29) is 11.3 Å². The van der Waals surface area contributed by atoms with Crippen molar-refractivity contribution < 1.29 is 14.7 Å². The fourth-order valence-electron chi connectivity index (χ4n) is 7.58. The Kier molecular flexibility index (Phi) is 5.93. The van der Waals surface area contributed by atoms with E-state index in [4.69, 9.17) is 5.11 Å². The van der Waals surface area contributed by atoms with Crippen LogP contribution >= 0.6 is 0 Å². The van der Waals surface area contributed by atoms with E-state index in [9.17, 15) is 9.59 Å². The summed E-state index contributed by atoms with van der Waals surface area (Å²) in [6, 6.07) is 0.378. The van der Waals surface area contributed by atoms with E-state index in [1.165, 1.54) is 32.1 Å². The Bertz CT molecular complexity index is 576. The van der Waals surface area contributed by atoms with E-state index in [1.54, 1.807) is 0 Å². The first-order valence-corrected chi connectivity index (χ1v) is 11.4. The van der Waals surface area contributed by atoms with Gasteiger partial charge < -0.3 is 10.4 Å². The van der Waals surface area contributed by atoms with E-state index in [0.29, 0.717) is 30.2 Å². The van der Waals surface area contributed by atoms with Gasteiger partial charge in [0.15, 0.2) is 0 Å². The highest BCUT2D eigenvalue weighted by atomic mass is 16.4. The highest BCUT2D eigenvalue weighted by Crippen LogP contribution is 2.66. The zero-order valence-corrected chi connectivity index (χ0v) is 17.7. The summed E-state index contributed by atoms with van der Waals surface area (Å²) in [5, 5.41) is 12.4. The second-order valence-electron chi connectivity index (χ2n) is 9.83. The quantitative estimate of drug-likeness (QED) is 0.726. The first-order valence-electron chi connectivity index (χ1n) is 11.4. The fraction of sp³-hybridized carbons (Fsp3) is 0.913. The Morgan fingerprint density at radius 2 is 1.74 bits per heavy atom. The lowest BCUT2D eigenvalue weighted by Gasteiger charge is -2.60. The van der Waals surface area contributed by atoms with Crippen LogP contribution < -0.4 is 5.32 Å². The maximum absolute atomic E-state index is 11.9. The van der Waals surface area contributed by atoms with Crippen LogP contribution in [-0.2, 0) is 9.59 Å². The average Bonchev–Trinajstić information content (AvgIpc) is 2.98. The number of rotatable bonds is 3. The Hall–Kier alpha value is -1.06. The van der Waals surface area contributed by atoms with Crippen molar-refractivity contribution in [1.82, 2.24) is 5.32 Å². The minimum absolute atomic E-state index is 0.246. The molecule has 4 rings (SSSR count). The molecule has 1 aliphatic heterocycles. The number of carbonyl (C=O) groups is 2. The molecule has 4 heteroatoms. The van der Waals surface area contributed by atoms with Crippen LogP contribution in [0.5, 0.6) is 0 Å². The Morgan fingerprint density at radius 3 is 2.44 bits per heavy atom. The minimum atomic E-state index is -0.647. The van der Waals surface area contributed by atoms with E-state index < -0.39 is 5.97 Å². The molecule has 0 aromatic carbocycles.